The lowest BCUT2D eigenvalue weighted by molar-refractivity contribution is 0.228. The molecule has 1 atom stereocenters. The zero-order chi connectivity index (χ0) is 11.8. The summed E-state index contributed by atoms with van der Waals surface area (Å²) >= 11 is 0. The number of hydrogen-bond donors (Lipinski definition) is 0. The summed E-state index contributed by atoms with van der Waals surface area (Å²) in [7, 11) is 0. The molecule has 1 heterocycles. The Bertz CT molecular complexity index is 392. The molecule has 0 spiro atoms. The largest absolute Gasteiger partial charge is 0.509 e. The molecule has 1 aromatic carbocycles. The van der Waals surface area contributed by atoms with Crippen molar-refractivity contribution in [1.29, 1.82) is 0 Å². The molecule has 6 heteroatoms. The second-order valence-corrected chi connectivity index (χ2v) is 4.01. The topological polar surface area (TPSA) is 18.5 Å². The second-order valence-electron chi connectivity index (χ2n) is 4.01. The summed E-state index contributed by atoms with van der Waals surface area (Å²) in [5, 5.41) is 0. The zero-order valence-electron chi connectivity index (χ0n) is 8.75. The van der Waals surface area contributed by atoms with Crippen LogP contribution >= 0.6 is 0 Å². The molecule has 88 valence electrons. The van der Waals surface area contributed by atoms with Gasteiger partial charge < -0.3 is 22.4 Å². The minimum atomic E-state index is -4.99. The smallest absolute Gasteiger partial charge is 0.489 e. The third-order valence-corrected chi connectivity index (χ3v) is 2.39. The monoisotopic (exact) mass is 231 g/mol. The quantitative estimate of drug-likeness (QED) is 0.689. The maximum atomic E-state index is 12.5. The van der Waals surface area contributed by atoms with Crippen molar-refractivity contribution < 1.29 is 22.4 Å². The molecule has 1 aliphatic heterocycles. The summed E-state index contributed by atoms with van der Waals surface area (Å²) in [6.45, 7) is -2.23. The van der Waals surface area contributed by atoms with Crippen molar-refractivity contribution in [2.24, 2.45) is 5.92 Å². The van der Waals surface area contributed by atoms with Gasteiger partial charge in [-0.2, -0.15) is 0 Å². The molecule has 0 saturated carbocycles. The summed E-state index contributed by atoms with van der Waals surface area (Å²) in [5.74, 6) is 0.737. The average Bonchev–Trinajstić information content (AvgIpc) is 2.39. The molecule has 0 radical (unpaired) electrons. The van der Waals surface area contributed by atoms with E-state index in [2.05, 4.69) is 0 Å². The average molecular weight is 231 g/mol. The highest BCUT2D eigenvalue weighted by atomic mass is 19.4. The Labute approximate surface area is 91.4 Å². The van der Waals surface area contributed by atoms with Crippen LogP contribution in [0.1, 0.15) is 6.92 Å². The summed E-state index contributed by atoms with van der Waals surface area (Å²) in [6, 6.07) is 3.35. The normalized spacial score (nSPS) is 20.4. The van der Waals surface area contributed by atoms with E-state index in [1.165, 1.54) is 6.07 Å². The van der Waals surface area contributed by atoms with Crippen LogP contribution in [0, 0.1) is 5.92 Å². The van der Waals surface area contributed by atoms with Crippen LogP contribution < -0.4 is 14.9 Å². The van der Waals surface area contributed by atoms with E-state index in [9.17, 15) is 12.9 Å². The Kier molecular flexibility index (Phi) is 2.74. The van der Waals surface area contributed by atoms with E-state index in [1.54, 1.807) is 0 Å². The Balaban J connectivity index is 2.32. The van der Waals surface area contributed by atoms with E-state index in [-0.39, 0.29) is 11.7 Å². The molecule has 0 saturated heterocycles. The van der Waals surface area contributed by atoms with Gasteiger partial charge in [0, 0.05) is 5.92 Å². The van der Waals surface area contributed by atoms with Crippen LogP contribution in [-0.4, -0.2) is 20.2 Å². The van der Waals surface area contributed by atoms with Crippen molar-refractivity contribution in [3.8, 4) is 11.5 Å². The molecule has 0 amide bonds. The van der Waals surface area contributed by atoms with Crippen LogP contribution in [0.3, 0.4) is 0 Å². The summed E-state index contributed by atoms with van der Waals surface area (Å²) in [6.07, 6.45) is 0. The van der Waals surface area contributed by atoms with Gasteiger partial charge in [-0.05, 0) is 12.1 Å². The first kappa shape index (κ1) is 11.2. The molecule has 0 bridgehead atoms. The number of fused-ring (bicyclic) bond motifs is 1. The molecule has 0 fully saturated rings. The van der Waals surface area contributed by atoms with Crippen LogP contribution in [0.4, 0.5) is 12.9 Å². The first-order chi connectivity index (χ1) is 7.47. The highest BCUT2D eigenvalue weighted by molar-refractivity contribution is 6.73. The maximum absolute atomic E-state index is 12.5. The lowest BCUT2D eigenvalue weighted by Gasteiger charge is -2.16. The van der Waals surface area contributed by atoms with E-state index in [1.807, 2.05) is 6.92 Å². The number of halogens is 3. The molecule has 16 heavy (non-hydrogen) atoms. The molecule has 2 rings (SSSR count). The molecule has 1 aromatic rings. The first-order valence-corrected chi connectivity index (χ1v) is 5.06. The predicted molar refractivity (Wildman–Crippen MR) is 55.3 cm³/mol. The van der Waals surface area contributed by atoms with Crippen LogP contribution in [-0.2, 0) is 0 Å². The first-order valence-electron chi connectivity index (χ1n) is 5.06. The van der Waals surface area contributed by atoms with Gasteiger partial charge in [-0.25, -0.2) is 0 Å². The zero-order valence-corrected chi connectivity index (χ0v) is 8.75. The molecule has 1 unspecified atom stereocenters. The van der Waals surface area contributed by atoms with Gasteiger partial charge in [0.25, 0.3) is 0 Å². The Morgan fingerprint density at radius 1 is 1.12 bits per heavy atom. The third kappa shape index (κ3) is 2.26. The van der Waals surface area contributed by atoms with Gasteiger partial charge in [-0.1, -0.05) is 13.0 Å². The highest BCUT2D eigenvalue weighted by Gasteiger charge is 2.27. The minimum absolute atomic E-state index is 0.173. The summed E-state index contributed by atoms with van der Waals surface area (Å²) in [4.78, 5) is 0. The lowest BCUT2D eigenvalue weighted by atomic mass is 9.80. The fourth-order valence-electron chi connectivity index (χ4n) is 1.47. The van der Waals surface area contributed by atoms with Gasteiger partial charge in [0.15, 0.2) is 11.5 Å². The highest BCUT2D eigenvalue weighted by Crippen LogP contribution is 2.30. The van der Waals surface area contributed by atoms with E-state index < -0.39 is 12.4 Å². The SMILES string of the molecule is CC1COc2ccc([B-](F)(F)F)cc2OC1. The molecule has 0 aliphatic carbocycles. The second kappa shape index (κ2) is 3.92. The predicted octanol–water partition coefficient (Wildman–Crippen LogP) is 2.15. The number of ether oxygens (including phenoxy) is 2. The van der Waals surface area contributed by atoms with E-state index in [0.29, 0.717) is 19.0 Å². The number of benzene rings is 1. The summed E-state index contributed by atoms with van der Waals surface area (Å²) in [5.41, 5.74) is -0.656. The van der Waals surface area contributed by atoms with Crippen molar-refractivity contribution in [3.05, 3.63) is 18.2 Å². The number of hydrogen-bond acceptors (Lipinski definition) is 2. The van der Waals surface area contributed by atoms with Gasteiger partial charge in [0.2, 0.25) is 0 Å². The standard InChI is InChI=1S/C10H11BF3O2/c1-7-5-15-9-3-2-8(11(12,13)14)4-10(9)16-6-7/h2-4,7H,5-6H2,1H3/q-1. The van der Waals surface area contributed by atoms with E-state index in [0.717, 1.165) is 12.1 Å². The van der Waals surface area contributed by atoms with Crippen molar-refractivity contribution in [2.45, 2.75) is 6.92 Å². The molecular weight excluding hydrogens is 220 g/mol. The van der Waals surface area contributed by atoms with Gasteiger partial charge in [-0.3, -0.25) is 0 Å². The van der Waals surface area contributed by atoms with Crippen LogP contribution in [0.2, 0.25) is 0 Å². The Morgan fingerprint density at radius 3 is 2.38 bits per heavy atom. The van der Waals surface area contributed by atoms with Gasteiger partial charge in [-0.15, -0.1) is 5.46 Å². The molecule has 0 N–H and O–H groups in total. The fraction of sp³-hybridized carbons (Fsp3) is 0.400. The minimum Gasteiger partial charge on any atom is -0.489 e. The van der Waals surface area contributed by atoms with Crippen molar-refractivity contribution in [2.75, 3.05) is 13.2 Å². The molecule has 2 nitrogen and oxygen atoms in total. The third-order valence-electron chi connectivity index (χ3n) is 2.39. The fourth-order valence-corrected chi connectivity index (χ4v) is 1.47. The van der Waals surface area contributed by atoms with Crippen molar-refractivity contribution >= 4 is 12.4 Å². The van der Waals surface area contributed by atoms with E-state index >= 15 is 0 Å². The molecule has 1 aliphatic rings. The van der Waals surface area contributed by atoms with Crippen LogP contribution in [0.25, 0.3) is 0 Å². The van der Waals surface area contributed by atoms with Crippen molar-refractivity contribution in [1.82, 2.24) is 0 Å². The Hall–Kier alpha value is -1.33. The molecular formula is C10H11BF3O2-. The Morgan fingerprint density at radius 2 is 1.75 bits per heavy atom. The number of rotatable bonds is 1. The maximum Gasteiger partial charge on any atom is 0.509 e. The van der Waals surface area contributed by atoms with Crippen LogP contribution in [0.15, 0.2) is 18.2 Å². The van der Waals surface area contributed by atoms with Gasteiger partial charge >= 0.3 is 6.98 Å². The summed E-state index contributed by atoms with van der Waals surface area (Å²) < 4.78 is 48.1. The van der Waals surface area contributed by atoms with Crippen molar-refractivity contribution in [3.63, 3.8) is 0 Å². The molecule has 0 aromatic heterocycles. The lowest BCUT2D eigenvalue weighted by Crippen LogP contribution is -2.33. The van der Waals surface area contributed by atoms with Gasteiger partial charge in [0.05, 0.1) is 13.2 Å². The van der Waals surface area contributed by atoms with Gasteiger partial charge in [0.1, 0.15) is 0 Å². The van der Waals surface area contributed by atoms with Crippen LogP contribution in [0.5, 0.6) is 11.5 Å². The van der Waals surface area contributed by atoms with E-state index in [4.69, 9.17) is 9.47 Å².